The van der Waals surface area contributed by atoms with E-state index in [1.165, 1.54) is 36.0 Å². The van der Waals surface area contributed by atoms with Crippen LogP contribution in [-0.4, -0.2) is 5.38 Å². The highest BCUT2D eigenvalue weighted by atomic mass is 35.5. The average molecular weight is 279 g/mol. The third-order valence-electron chi connectivity index (χ3n) is 5.04. The van der Waals surface area contributed by atoms with Gasteiger partial charge in [-0.1, -0.05) is 51.0 Å². The molecule has 0 nitrogen and oxygen atoms in total. The van der Waals surface area contributed by atoms with Crippen molar-refractivity contribution in [1.29, 1.82) is 0 Å². The van der Waals surface area contributed by atoms with E-state index >= 15 is 0 Å². The lowest BCUT2D eigenvalue weighted by Crippen LogP contribution is -2.39. The molecule has 19 heavy (non-hydrogen) atoms. The second-order valence-electron chi connectivity index (χ2n) is 7.08. The zero-order valence-electron chi connectivity index (χ0n) is 13.0. The minimum absolute atomic E-state index is 0.171. The Kier molecular flexibility index (Phi) is 4.30. The molecule has 1 fully saturated rings. The van der Waals surface area contributed by atoms with Gasteiger partial charge in [0.15, 0.2) is 0 Å². The minimum Gasteiger partial charge on any atom is -0.123 e. The molecule has 0 heterocycles. The van der Waals surface area contributed by atoms with Crippen LogP contribution in [-0.2, 0) is 5.41 Å². The molecule has 1 aromatic carbocycles. The summed E-state index contributed by atoms with van der Waals surface area (Å²) in [7, 11) is 0. The molecule has 0 spiro atoms. The van der Waals surface area contributed by atoms with Gasteiger partial charge in [-0.05, 0) is 55.1 Å². The van der Waals surface area contributed by atoms with E-state index in [0.717, 1.165) is 5.92 Å². The average Bonchev–Trinajstić information content (AvgIpc) is 2.27. The largest absolute Gasteiger partial charge is 0.123 e. The first-order chi connectivity index (χ1) is 8.82. The van der Waals surface area contributed by atoms with Crippen molar-refractivity contribution in [3.05, 3.63) is 34.9 Å². The highest BCUT2D eigenvalue weighted by Gasteiger charge is 2.39. The zero-order chi connectivity index (χ0) is 14.2. The van der Waals surface area contributed by atoms with Gasteiger partial charge in [-0.25, -0.2) is 0 Å². The number of aryl methyl sites for hydroxylation is 2. The molecule has 0 saturated heterocycles. The van der Waals surface area contributed by atoms with Gasteiger partial charge in [0, 0.05) is 5.38 Å². The van der Waals surface area contributed by atoms with Crippen molar-refractivity contribution in [3.8, 4) is 0 Å². The van der Waals surface area contributed by atoms with Gasteiger partial charge in [0.25, 0.3) is 0 Å². The summed E-state index contributed by atoms with van der Waals surface area (Å²) in [5.41, 5.74) is 4.40. The maximum atomic E-state index is 6.70. The van der Waals surface area contributed by atoms with Crippen molar-refractivity contribution < 1.29 is 0 Å². The van der Waals surface area contributed by atoms with Crippen molar-refractivity contribution in [2.45, 2.75) is 64.7 Å². The van der Waals surface area contributed by atoms with Crippen LogP contribution in [0.25, 0.3) is 0 Å². The van der Waals surface area contributed by atoms with Gasteiger partial charge < -0.3 is 0 Å². The number of rotatable bonds is 2. The molecular formula is C18H27Cl. The molecule has 1 aliphatic carbocycles. The fourth-order valence-electron chi connectivity index (χ4n) is 3.86. The highest BCUT2D eigenvalue weighted by molar-refractivity contribution is 6.20. The van der Waals surface area contributed by atoms with Gasteiger partial charge in [0.05, 0.1) is 0 Å². The summed E-state index contributed by atoms with van der Waals surface area (Å²) < 4.78 is 0. The molecule has 0 N–H and O–H groups in total. The summed E-state index contributed by atoms with van der Waals surface area (Å²) in [6.45, 7) is 11.5. The molecule has 1 aromatic rings. The standard InChI is InChI=1S/C18H27Cl/c1-12-6-8-15(14(3)10-12)18(4,5)16-9-7-13(2)11-17(16)19/h6,8,10,13,16-17H,7,9,11H2,1-5H3. The maximum absolute atomic E-state index is 6.70. The Balaban J connectivity index is 2.30. The summed E-state index contributed by atoms with van der Waals surface area (Å²) in [5, 5.41) is 0.319. The Bertz CT molecular complexity index is 447. The lowest BCUT2D eigenvalue weighted by Gasteiger charge is -2.43. The van der Waals surface area contributed by atoms with Crippen LogP contribution in [0.4, 0.5) is 0 Å². The molecule has 0 aromatic heterocycles. The van der Waals surface area contributed by atoms with Gasteiger partial charge >= 0.3 is 0 Å². The second kappa shape index (κ2) is 5.48. The Morgan fingerprint density at radius 2 is 1.84 bits per heavy atom. The van der Waals surface area contributed by atoms with E-state index in [0.29, 0.717) is 11.3 Å². The fourth-order valence-corrected chi connectivity index (χ4v) is 4.61. The van der Waals surface area contributed by atoms with E-state index < -0.39 is 0 Å². The fraction of sp³-hybridized carbons (Fsp3) is 0.667. The first-order valence-corrected chi connectivity index (χ1v) is 7.98. The van der Waals surface area contributed by atoms with Gasteiger partial charge in [-0.3, -0.25) is 0 Å². The molecule has 3 atom stereocenters. The first kappa shape index (κ1) is 14.9. The first-order valence-electron chi connectivity index (χ1n) is 7.54. The molecule has 0 aliphatic heterocycles. The van der Waals surface area contributed by atoms with Crippen LogP contribution in [0, 0.1) is 25.7 Å². The monoisotopic (exact) mass is 278 g/mol. The summed E-state index contributed by atoms with van der Waals surface area (Å²) in [4.78, 5) is 0. The van der Waals surface area contributed by atoms with Crippen LogP contribution in [0.5, 0.6) is 0 Å². The number of alkyl halides is 1. The van der Waals surface area contributed by atoms with Crippen LogP contribution in [0.1, 0.15) is 56.7 Å². The van der Waals surface area contributed by atoms with Gasteiger partial charge in [0.1, 0.15) is 0 Å². The quantitative estimate of drug-likeness (QED) is 0.616. The number of hydrogen-bond donors (Lipinski definition) is 0. The third kappa shape index (κ3) is 2.99. The molecule has 0 radical (unpaired) electrons. The molecule has 3 unspecified atom stereocenters. The van der Waals surface area contributed by atoms with Crippen molar-refractivity contribution in [1.82, 2.24) is 0 Å². The summed E-state index contributed by atoms with van der Waals surface area (Å²) >= 11 is 6.70. The Morgan fingerprint density at radius 1 is 1.16 bits per heavy atom. The SMILES string of the molecule is Cc1ccc(C(C)(C)C2CCC(C)CC2Cl)c(C)c1. The smallest absolute Gasteiger partial charge is 0.0375 e. The predicted octanol–water partition coefficient (Wildman–Crippen LogP) is 5.62. The lowest BCUT2D eigenvalue weighted by atomic mass is 9.65. The normalized spacial score (nSPS) is 28.4. The topological polar surface area (TPSA) is 0 Å². The second-order valence-corrected chi connectivity index (χ2v) is 7.64. The van der Waals surface area contributed by atoms with Crippen molar-refractivity contribution in [3.63, 3.8) is 0 Å². The maximum Gasteiger partial charge on any atom is 0.0375 e. The van der Waals surface area contributed by atoms with E-state index in [4.69, 9.17) is 11.6 Å². The lowest BCUT2D eigenvalue weighted by molar-refractivity contribution is 0.207. The van der Waals surface area contributed by atoms with Crippen LogP contribution in [0.15, 0.2) is 18.2 Å². The molecule has 2 rings (SSSR count). The zero-order valence-corrected chi connectivity index (χ0v) is 13.7. The van der Waals surface area contributed by atoms with Gasteiger partial charge in [-0.2, -0.15) is 0 Å². The van der Waals surface area contributed by atoms with Crippen LogP contribution in [0.2, 0.25) is 0 Å². The van der Waals surface area contributed by atoms with Gasteiger partial charge in [-0.15, -0.1) is 11.6 Å². The van der Waals surface area contributed by atoms with Crippen LogP contribution >= 0.6 is 11.6 Å². The summed E-state index contributed by atoms with van der Waals surface area (Å²) in [6.07, 6.45) is 3.75. The molecule has 0 bridgehead atoms. The predicted molar refractivity (Wildman–Crippen MR) is 85.1 cm³/mol. The summed E-state index contributed by atoms with van der Waals surface area (Å²) in [6, 6.07) is 6.84. The van der Waals surface area contributed by atoms with Crippen molar-refractivity contribution in [2.75, 3.05) is 0 Å². The third-order valence-corrected chi connectivity index (χ3v) is 5.52. The Hall–Kier alpha value is -0.490. The highest BCUT2D eigenvalue weighted by Crippen LogP contribution is 2.45. The van der Waals surface area contributed by atoms with Crippen LogP contribution < -0.4 is 0 Å². The van der Waals surface area contributed by atoms with E-state index in [1.54, 1.807) is 0 Å². The number of hydrogen-bond acceptors (Lipinski definition) is 0. The molecule has 1 saturated carbocycles. The number of benzene rings is 1. The molecule has 106 valence electrons. The van der Waals surface area contributed by atoms with E-state index in [1.807, 2.05) is 0 Å². The van der Waals surface area contributed by atoms with Crippen molar-refractivity contribution in [2.24, 2.45) is 11.8 Å². The minimum atomic E-state index is 0.171. The Labute approximate surface area is 123 Å². The van der Waals surface area contributed by atoms with Gasteiger partial charge in [0.2, 0.25) is 0 Å². The van der Waals surface area contributed by atoms with E-state index in [-0.39, 0.29) is 5.41 Å². The van der Waals surface area contributed by atoms with Crippen LogP contribution in [0.3, 0.4) is 0 Å². The summed E-state index contributed by atoms with van der Waals surface area (Å²) in [5.74, 6) is 1.38. The van der Waals surface area contributed by atoms with Crippen molar-refractivity contribution >= 4 is 11.6 Å². The van der Waals surface area contributed by atoms with E-state index in [9.17, 15) is 0 Å². The molecule has 0 amide bonds. The Morgan fingerprint density at radius 3 is 2.42 bits per heavy atom. The van der Waals surface area contributed by atoms with E-state index in [2.05, 4.69) is 52.8 Å². The number of halogens is 1. The molecular weight excluding hydrogens is 252 g/mol. The molecule has 1 aliphatic rings. The molecule has 1 heteroatoms.